The third kappa shape index (κ3) is 13.8. The van der Waals surface area contributed by atoms with Crippen LogP contribution in [0, 0.1) is 0 Å². The van der Waals surface area contributed by atoms with Gasteiger partial charge in [0.15, 0.2) is 0 Å². The van der Waals surface area contributed by atoms with Gasteiger partial charge in [-0.15, -0.1) is 0 Å². The lowest BCUT2D eigenvalue weighted by Crippen LogP contribution is -2.32. The molecule has 0 bridgehead atoms. The van der Waals surface area contributed by atoms with Gasteiger partial charge in [0.25, 0.3) is 5.91 Å². The highest BCUT2D eigenvalue weighted by atomic mass is 16.6. The molecule has 0 saturated heterocycles. The molecule has 0 aromatic heterocycles. The van der Waals surface area contributed by atoms with Crippen molar-refractivity contribution in [3.05, 3.63) is 35.9 Å². The maximum absolute atomic E-state index is 11.2. The Kier molecular flexibility index (Phi) is 11.4. The van der Waals surface area contributed by atoms with Crippen molar-refractivity contribution in [1.29, 1.82) is 0 Å². The summed E-state index contributed by atoms with van der Waals surface area (Å²) in [6, 6.07) is 8.80. The molecule has 1 aromatic rings. The molecule has 0 radical (unpaired) electrons. The molecule has 0 spiro atoms. The van der Waals surface area contributed by atoms with Crippen molar-refractivity contribution in [2.45, 2.75) is 52.1 Å². The normalized spacial score (nSPS) is 10.2. The minimum absolute atomic E-state index is 0.187. The van der Waals surface area contributed by atoms with Crippen LogP contribution in [0.4, 0.5) is 4.79 Å². The van der Waals surface area contributed by atoms with E-state index in [-0.39, 0.29) is 12.3 Å². The molecule has 1 rings (SSSR count). The molecule has 2 amide bonds. The standard InChI is InChI=1S/C11H21NO4.C7H8N2O/c1-11(2,3)16-10(15)12-8-6-4-5-7-9(13)14;8-9-7(10)6-4-2-1-3-5-6/h4-8H2,1-3H3,(H,12,15)(H,13,14);1-5H,8H2,(H,9,10). The first-order valence-electron chi connectivity index (χ1n) is 8.40. The summed E-state index contributed by atoms with van der Waals surface area (Å²) in [5, 5.41) is 11.0. The summed E-state index contributed by atoms with van der Waals surface area (Å²) >= 11 is 0. The molecule has 0 aliphatic carbocycles. The van der Waals surface area contributed by atoms with Crippen molar-refractivity contribution in [2.75, 3.05) is 6.54 Å². The number of carbonyl (C=O) groups is 3. The second-order valence-electron chi connectivity index (χ2n) is 6.47. The number of ether oxygens (including phenoxy) is 1. The Morgan fingerprint density at radius 2 is 1.69 bits per heavy atom. The summed E-state index contributed by atoms with van der Waals surface area (Å²) in [7, 11) is 0. The second-order valence-corrected chi connectivity index (χ2v) is 6.47. The van der Waals surface area contributed by atoms with Gasteiger partial charge in [0.2, 0.25) is 0 Å². The minimum Gasteiger partial charge on any atom is -0.481 e. The van der Waals surface area contributed by atoms with E-state index < -0.39 is 17.7 Å². The number of hydrogen-bond acceptors (Lipinski definition) is 5. The number of unbranched alkanes of at least 4 members (excludes halogenated alkanes) is 2. The smallest absolute Gasteiger partial charge is 0.407 e. The summed E-state index contributed by atoms with van der Waals surface area (Å²) < 4.78 is 5.04. The Morgan fingerprint density at radius 1 is 1.08 bits per heavy atom. The molecular formula is C18H29N3O5. The van der Waals surface area contributed by atoms with Crippen LogP contribution in [0.5, 0.6) is 0 Å². The fraction of sp³-hybridized carbons (Fsp3) is 0.500. The number of benzene rings is 1. The number of hydrazine groups is 1. The molecule has 146 valence electrons. The zero-order chi connectivity index (χ0) is 20.0. The van der Waals surface area contributed by atoms with Gasteiger partial charge in [-0.25, -0.2) is 10.6 Å². The lowest BCUT2D eigenvalue weighted by atomic mass is 10.2. The van der Waals surface area contributed by atoms with E-state index in [1.807, 2.05) is 11.5 Å². The SMILES string of the molecule is CC(C)(C)OC(=O)NCCCCCC(=O)O.NNC(=O)c1ccccc1. The van der Waals surface area contributed by atoms with E-state index in [1.165, 1.54) is 0 Å². The summed E-state index contributed by atoms with van der Waals surface area (Å²) in [5.41, 5.74) is 2.14. The third-order valence-electron chi connectivity index (χ3n) is 2.90. The zero-order valence-corrected chi connectivity index (χ0v) is 15.6. The number of nitrogens with one attached hydrogen (secondary N) is 2. The number of amides is 2. The van der Waals surface area contributed by atoms with E-state index in [9.17, 15) is 14.4 Å². The lowest BCUT2D eigenvalue weighted by molar-refractivity contribution is -0.137. The molecule has 26 heavy (non-hydrogen) atoms. The number of nitrogens with two attached hydrogens (primary N) is 1. The van der Waals surface area contributed by atoms with E-state index in [1.54, 1.807) is 45.0 Å². The Balaban J connectivity index is 0.000000531. The maximum atomic E-state index is 11.2. The molecule has 0 aliphatic heterocycles. The highest BCUT2D eigenvalue weighted by Crippen LogP contribution is 2.06. The number of nitrogen functional groups attached to an aromatic ring is 1. The first kappa shape index (κ1) is 23.4. The molecule has 5 N–H and O–H groups in total. The van der Waals surface area contributed by atoms with Crippen LogP contribution in [0.2, 0.25) is 0 Å². The van der Waals surface area contributed by atoms with Crippen LogP contribution in [0.25, 0.3) is 0 Å². The Morgan fingerprint density at radius 3 is 2.19 bits per heavy atom. The van der Waals surface area contributed by atoms with E-state index in [2.05, 4.69) is 5.32 Å². The Bertz CT molecular complexity index is 556. The van der Waals surface area contributed by atoms with Gasteiger partial charge in [-0.3, -0.25) is 15.0 Å². The fourth-order valence-electron chi connectivity index (χ4n) is 1.76. The summed E-state index contributed by atoms with van der Waals surface area (Å²) in [5.74, 6) is 3.86. The zero-order valence-electron chi connectivity index (χ0n) is 15.6. The molecule has 0 aliphatic rings. The van der Waals surface area contributed by atoms with Gasteiger partial charge in [0, 0.05) is 18.5 Å². The number of aliphatic carboxylic acids is 1. The summed E-state index contributed by atoms with van der Waals surface area (Å²) in [6.07, 6.45) is 1.97. The quantitative estimate of drug-likeness (QED) is 0.253. The van der Waals surface area contributed by atoms with Gasteiger partial charge < -0.3 is 15.2 Å². The van der Waals surface area contributed by atoms with Crippen LogP contribution in [0.15, 0.2) is 30.3 Å². The average Bonchev–Trinajstić information content (AvgIpc) is 2.57. The second kappa shape index (κ2) is 12.7. The van der Waals surface area contributed by atoms with E-state index >= 15 is 0 Å². The number of hydrogen-bond donors (Lipinski definition) is 4. The van der Waals surface area contributed by atoms with E-state index in [4.69, 9.17) is 15.7 Å². The maximum Gasteiger partial charge on any atom is 0.407 e. The predicted molar refractivity (Wildman–Crippen MR) is 98.4 cm³/mol. The van der Waals surface area contributed by atoms with E-state index in [0.29, 0.717) is 18.5 Å². The Labute approximate surface area is 154 Å². The number of carboxylic acids is 1. The van der Waals surface area contributed by atoms with Crippen molar-refractivity contribution in [2.24, 2.45) is 5.84 Å². The number of carboxylic acid groups (broad SMARTS) is 1. The molecule has 0 atom stereocenters. The highest BCUT2D eigenvalue weighted by Gasteiger charge is 2.15. The molecular weight excluding hydrogens is 338 g/mol. The highest BCUT2D eigenvalue weighted by molar-refractivity contribution is 5.93. The molecule has 8 heteroatoms. The molecule has 0 fully saturated rings. The van der Waals surface area contributed by atoms with Crippen LogP contribution in [-0.4, -0.2) is 35.2 Å². The van der Waals surface area contributed by atoms with Gasteiger partial charge in [-0.05, 0) is 45.7 Å². The van der Waals surface area contributed by atoms with Crippen LogP contribution in [0.1, 0.15) is 56.8 Å². The van der Waals surface area contributed by atoms with Crippen molar-refractivity contribution in [3.8, 4) is 0 Å². The van der Waals surface area contributed by atoms with Gasteiger partial charge in [0.05, 0.1) is 0 Å². The topological polar surface area (TPSA) is 131 Å². The van der Waals surface area contributed by atoms with E-state index in [0.717, 1.165) is 12.8 Å². The largest absolute Gasteiger partial charge is 0.481 e. The van der Waals surface area contributed by atoms with Crippen molar-refractivity contribution in [1.82, 2.24) is 10.7 Å². The fourth-order valence-corrected chi connectivity index (χ4v) is 1.76. The molecule has 1 aromatic carbocycles. The van der Waals surface area contributed by atoms with Gasteiger partial charge >= 0.3 is 12.1 Å². The first-order valence-corrected chi connectivity index (χ1v) is 8.40. The van der Waals surface area contributed by atoms with Gasteiger partial charge in [-0.2, -0.15) is 0 Å². The van der Waals surface area contributed by atoms with Crippen LogP contribution in [0.3, 0.4) is 0 Å². The minimum atomic E-state index is -0.778. The van der Waals surface area contributed by atoms with Crippen LogP contribution >= 0.6 is 0 Å². The van der Waals surface area contributed by atoms with Crippen molar-refractivity contribution in [3.63, 3.8) is 0 Å². The number of alkyl carbamates (subject to hydrolysis) is 1. The predicted octanol–water partition coefficient (Wildman–Crippen LogP) is 2.45. The van der Waals surface area contributed by atoms with Gasteiger partial charge in [0.1, 0.15) is 5.60 Å². The molecule has 0 unspecified atom stereocenters. The van der Waals surface area contributed by atoms with Crippen molar-refractivity contribution >= 4 is 18.0 Å². The van der Waals surface area contributed by atoms with Crippen molar-refractivity contribution < 1.29 is 24.2 Å². The molecule has 8 nitrogen and oxygen atoms in total. The van der Waals surface area contributed by atoms with Crippen LogP contribution < -0.4 is 16.6 Å². The molecule has 0 saturated carbocycles. The Hall–Kier alpha value is -2.61. The summed E-state index contributed by atoms with van der Waals surface area (Å²) in [4.78, 5) is 32.2. The molecule has 0 heterocycles. The lowest BCUT2D eigenvalue weighted by Gasteiger charge is -2.19. The van der Waals surface area contributed by atoms with Gasteiger partial charge in [-0.1, -0.05) is 24.6 Å². The monoisotopic (exact) mass is 367 g/mol. The van der Waals surface area contributed by atoms with Crippen LogP contribution in [-0.2, 0) is 9.53 Å². The third-order valence-corrected chi connectivity index (χ3v) is 2.90. The summed E-state index contributed by atoms with van der Waals surface area (Å²) in [6.45, 7) is 5.94. The number of carbonyl (C=O) groups excluding carboxylic acids is 2. The first-order chi connectivity index (χ1) is 12.2. The average molecular weight is 367 g/mol. The number of rotatable bonds is 7.